The van der Waals surface area contributed by atoms with Crippen LogP contribution in [0.1, 0.15) is 67.9 Å². The molecule has 0 N–H and O–H groups in total. The smallest absolute Gasteiger partial charge is 0.254 e. The van der Waals surface area contributed by atoms with E-state index in [0.29, 0.717) is 23.8 Å². The number of aromatic nitrogens is 2. The van der Waals surface area contributed by atoms with Gasteiger partial charge in [0.25, 0.3) is 5.91 Å². The zero-order valence-electron chi connectivity index (χ0n) is 18.6. The van der Waals surface area contributed by atoms with Crippen LogP contribution in [0.3, 0.4) is 0 Å². The van der Waals surface area contributed by atoms with Crippen LogP contribution in [0.2, 0.25) is 0 Å². The first-order chi connectivity index (χ1) is 14.9. The lowest BCUT2D eigenvalue weighted by molar-refractivity contribution is 0.0561. The van der Waals surface area contributed by atoms with Gasteiger partial charge >= 0.3 is 0 Å². The second kappa shape index (κ2) is 8.53. The van der Waals surface area contributed by atoms with Gasteiger partial charge in [0.2, 0.25) is 11.7 Å². The Hall–Kier alpha value is -3.15. The number of carbonyl (C=O) groups excluding carboxylic acids is 1. The molecule has 162 valence electrons. The molecule has 0 radical (unpaired) electrons. The summed E-state index contributed by atoms with van der Waals surface area (Å²) in [5.74, 6) is 1.72. The van der Waals surface area contributed by atoms with Crippen LogP contribution in [0.5, 0.6) is 5.75 Å². The second-order valence-electron chi connectivity index (χ2n) is 9.03. The van der Waals surface area contributed by atoms with Crippen molar-refractivity contribution in [3.8, 4) is 17.1 Å². The summed E-state index contributed by atoms with van der Waals surface area (Å²) < 4.78 is 10.9. The molecule has 1 aliphatic heterocycles. The number of piperidine rings is 1. The summed E-state index contributed by atoms with van der Waals surface area (Å²) in [6.07, 6.45) is 2.80. The molecule has 2 aromatic carbocycles. The van der Waals surface area contributed by atoms with Crippen LogP contribution in [-0.2, 0) is 5.41 Å². The fraction of sp³-hybridized carbons (Fsp3) is 0.400. The van der Waals surface area contributed by atoms with E-state index in [1.165, 1.54) is 5.56 Å². The van der Waals surface area contributed by atoms with Gasteiger partial charge in [-0.3, -0.25) is 4.79 Å². The highest BCUT2D eigenvalue weighted by Gasteiger charge is 2.33. The van der Waals surface area contributed by atoms with Gasteiger partial charge in [-0.25, -0.2) is 0 Å². The Morgan fingerprint density at radius 2 is 1.90 bits per heavy atom. The van der Waals surface area contributed by atoms with E-state index in [1.54, 1.807) is 7.11 Å². The van der Waals surface area contributed by atoms with Gasteiger partial charge in [0.1, 0.15) is 11.8 Å². The van der Waals surface area contributed by atoms with Crippen LogP contribution in [0.25, 0.3) is 11.4 Å². The molecular weight excluding hydrogens is 390 g/mol. The van der Waals surface area contributed by atoms with Gasteiger partial charge in [0.05, 0.1) is 7.11 Å². The van der Waals surface area contributed by atoms with Gasteiger partial charge in [-0.15, -0.1) is 0 Å². The summed E-state index contributed by atoms with van der Waals surface area (Å²) in [6, 6.07) is 15.3. The molecule has 3 aromatic rings. The maximum atomic E-state index is 13.3. The van der Waals surface area contributed by atoms with E-state index in [2.05, 4.69) is 30.9 Å². The van der Waals surface area contributed by atoms with Gasteiger partial charge in [-0.2, -0.15) is 4.98 Å². The van der Waals surface area contributed by atoms with Crippen molar-refractivity contribution in [2.75, 3.05) is 13.7 Å². The van der Waals surface area contributed by atoms with Crippen LogP contribution in [0, 0.1) is 0 Å². The number of hydrogen-bond acceptors (Lipinski definition) is 5. The molecule has 31 heavy (non-hydrogen) atoms. The summed E-state index contributed by atoms with van der Waals surface area (Å²) in [6.45, 7) is 7.18. The van der Waals surface area contributed by atoms with E-state index in [1.807, 2.05) is 53.4 Å². The number of rotatable bonds is 4. The Labute approximate surface area is 183 Å². The van der Waals surface area contributed by atoms with E-state index < -0.39 is 0 Å². The molecule has 1 amide bonds. The van der Waals surface area contributed by atoms with Crippen LogP contribution < -0.4 is 4.74 Å². The topological polar surface area (TPSA) is 68.5 Å². The molecule has 2 heterocycles. The molecule has 1 atom stereocenters. The van der Waals surface area contributed by atoms with Gasteiger partial charge in [-0.1, -0.05) is 50.2 Å². The van der Waals surface area contributed by atoms with Crippen molar-refractivity contribution in [3.05, 3.63) is 65.5 Å². The van der Waals surface area contributed by atoms with Gasteiger partial charge in [0, 0.05) is 17.7 Å². The fourth-order valence-corrected chi connectivity index (χ4v) is 3.96. The summed E-state index contributed by atoms with van der Waals surface area (Å²) >= 11 is 0. The number of amides is 1. The third kappa shape index (κ3) is 4.48. The first-order valence-electron chi connectivity index (χ1n) is 10.8. The SMILES string of the molecule is COc1cccc(-c2noc(C3CCCCN3C(=O)c3ccc(C(C)(C)C)cc3)n2)c1. The molecule has 6 nitrogen and oxygen atoms in total. The van der Waals surface area contributed by atoms with Crippen molar-refractivity contribution in [3.63, 3.8) is 0 Å². The molecule has 1 aliphatic rings. The van der Waals surface area contributed by atoms with Gasteiger partial charge in [-0.05, 0) is 54.5 Å². The van der Waals surface area contributed by atoms with Crippen molar-refractivity contribution >= 4 is 5.91 Å². The van der Waals surface area contributed by atoms with E-state index in [0.717, 1.165) is 30.6 Å². The lowest BCUT2D eigenvalue weighted by Crippen LogP contribution is -2.38. The molecule has 1 unspecified atom stereocenters. The third-order valence-corrected chi connectivity index (χ3v) is 5.82. The summed E-state index contributed by atoms with van der Waals surface area (Å²) in [7, 11) is 1.63. The monoisotopic (exact) mass is 419 g/mol. The Morgan fingerprint density at radius 1 is 1.13 bits per heavy atom. The first kappa shape index (κ1) is 21.1. The lowest BCUT2D eigenvalue weighted by atomic mass is 9.86. The van der Waals surface area contributed by atoms with Crippen molar-refractivity contribution in [1.82, 2.24) is 15.0 Å². The average Bonchev–Trinajstić information content (AvgIpc) is 3.28. The van der Waals surface area contributed by atoms with Crippen molar-refractivity contribution in [2.24, 2.45) is 0 Å². The average molecular weight is 420 g/mol. The fourth-order valence-electron chi connectivity index (χ4n) is 3.96. The van der Waals surface area contributed by atoms with Crippen LogP contribution in [-0.4, -0.2) is 34.6 Å². The molecule has 0 saturated carbocycles. The number of benzene rings is 2. The second-order valence-corrected chi connectivity index (χ2v) is 9.03. The zero-order valence-corrected chi connectivity index (χ0v) is 18.6. The van der Waals surface area contributed by atoms with E-state index in [9.17, 15) is 4.79 Å². The van der Waals surface area contributed by atoms with E-state index >= 15 is 0 Å². The van der Waals surface area contributed by atoms with Crippen LogP contribution in [0.15, 0.2) is 53.1 Å². The standard InChI is InChI=1S/C25H29N3O3/c1-25(2,3)19-13-11-17(12-14-19)24(29)28-15-6-5-10-21(28)23-26-22(27-31-23)18-8-7-9-20(16-18)30-4/h7-9,11-14,16,21H,5-6,10,15H2,1-4H3. The molecule has 1 saturated heterocycles. The Balaban J connectivity index is 1.58. The molecule has 0 bridgehead atoms. The highest BCUT2D eigenvalue weighted by Crippen LogP contribution is 2.33. The molecule has 4 rings (SSSR count). The number of nitrogens with zero attached hydrogens (tertiary/aromatic N) is 3. The summed E-state index contributed by atoms with van der Waals surface area (Å²) in [5.41, 5.74) is 2.77. The number of hydrogen-bond donors (Lipinski definition) is 0. The lowest BCUT2D eigenvalue weighted by Gasteiger charge is -2.33. The minimum atomic E-state index is -0.213. The number of ether oxygens (including phenoxy) is 1. The molecule has 6 heteroatoms. The molecule has 0 aliphatic carbocycles. The number of likely N-dealkylation sites (tertiary alicyclic amines) is 1. The summed E-state index contributed by atoms with van der Waals surface area (Å²) in [4.78, 5) is 19.8. The highest BCUT2D eigenvalue weighted by molar-refractivity contribution is 5.94. The molecule has 1 aromatic heterocycles. The quantitative estimate of drug-likeness (QED) is 0.566. The number of carbonyl (C=O) groups is 1. The molecular formula is C25H29N3O3. The molecule has 0 spiro atoms. The first-order valence-corrected chi connectivity index (χ1v) is 10.8. The Morgan fingerprint density at radius 3 is 2.61 bits per heavy atom. The Kier molecular flexibility index (Phi) is 5.81. The number of methoxy groups -OCH3 is 1. The van der Waals surface area contributed by atoms with Crippen molar-refractivity contribution in [1.29, 1.82) is 0 Å². The molecule has 1 fully saturated rings. The maximum Gasteiger partial charge on any atom is 0.254 e. The predicted molar refractivity (Wildman–Crippen MR) is 119 cm³/mol. The van der Waals surface area contributed by atoms with E-state index in [-0.39, 0.29) is 17.4 Å². The van der Waals surface area contributed by atoms with Crippen LogP contribution in [0.4, 0.5) is 0 Å². The normalized spacial score (nSPS) is 16.9. The largest absolute Gasteiger partial charge is 0.497 e. The Bertz CT molecular complexity index is 1050. The van der Waals surface area contributed by atoms with Crippen LogP contribution >= 0.6 is 0 Å². The van der Waals surface area contributed by atoms with Crippen molar-refractivity contribution in [2.45, 2.75) is 51.5 Å². The zero-order chi connectivity index (χ0) is 22.0. The highest BCUT2D eigenvalue weighted by atomic mass is 16.5. The van der Waals surface area contributed by atoms with Crippen molar-refractivity contribution < 1.29 is 14.1 Å². The summed E-state index contributed by atoms with van der Waals surface area (Å²) in [5, 5.41) is 4.16. The van der Waals surface area contributed by atoms with E-state index in [4.69, 9.17) is 9.26 Å². The van der Waals surface area contributed by atoms with Gasteiger partial charge in [0.15, 0.2) is 0 Å². The third-order valence-electron chi connectivity index (χ3n) is 5.82. The van der Waals surface area contributed by atoms with Gasteiger partial charge < -0.3 is 14.2 Å². The predicted octanol–water partition coefficient (Wildman–Crippen LogP) is 5.41. The minimum Gasteiger partial charge on any atom is -0.497 e. The minimum absolute atomic E-state index is 0.00582. The maximum absolute atomic E-state index is 13.3.